The quantitative estimate of drug-likeness (QED) is 0.126. The number of thiazole rings is 1. The lowest BCUT2D eigenvalue weighted by atomic mass is 9.93. The van der Waals surface area contributed by atoms with Gasteiger partial charge in [0, 0.05) is 17.7 Å². The van der Waals surface area contributed by atoms with E-state index in [1.54, 1.807) is 32.0 Å². The van der Waals surface area contributed by atoms with Crippen molar-refractivity contribution in [1.29, 1.82) is 0 Å². The summed E-state index contributed by atoms with van der Waals surface area (Å²) >= 11 is 0.834. The number of amides is 1. The van der Waals surface area contributed by atoms with Crippen LogP contribution in [0.5, 0.6) is 5.75 Å². The molecule has 1 aliphatic rings. The number of aliphatic hydroxyl groups excluding tert-OH is 1. The molecule has 1 N–H and O–H groups in total. The minimum atomic E-state index is -1.25. The number of hydrogen-bond acceptors (Lipinski definition) is 10. The van der Waals surface area contributed by atoms with Gasteiger partial charge in [-0.3, -0.25) is 24.6 Å². The molecule has 3 aromatic rings. The van der Waals surface area contributed by atoms with Gasteiger partial charge < -0.3 is 14.6 Å². The van der Waals surface area contributed by atoms with Crippen LogP contribution in [0.15, 0.2) is 48.0 Å². The third kappa shape index (κ3) is 4.42. The topological polar surface area (TPSA) is 149 Å². The zero-order valence-corrected chi connectivity index (χ0v) is 21.0. The number of Topliss-reactive ketones (excluding diaryl/α,β-unsaturated/α-hetero) is 1. The zero-order chi connectivity index (χ0) is 27.0. The maximum Gasteiger partial charge on any atom is 0.350 e. The van der Waals surface area contributed by atoms with Crippen LogP contribution in [-0.2, 0) is 14.3 Å². The Kier molecular flexibility index (Phi) is 6.77. The fourth-order valence-electron chi connectivity index (χ4n) is 4.09. The van der Waals surface area contributed by atoms with Gasteiger partial charge in [0.25, 0.3) is 11.5 Å². The number of aryl methyl sites for hydroxylation is 2. The number of nitro benzene ring substituents is 1. The molecule has 2 heterocycles. The van der Waals surface area contributed by atoms with Crippen LogP contribution in [0.1, 0.15) is 38.1 Å². The number of aromatic nitrogens is 1. The molecule has 190 valence electrons. The number of carbonyl (C=O) groups is 3. The molecule has 1 amide bonds. The molecule has 1 aromatic heterocycles. The standard InChI is InChI=1S/C25H21N3O8S/c1-12-10-16(35-3)8-9-17(12)20(29)18-19(14-6-5-7-15(11-14)28(33)34)27(23(31)21(18)30)25-26-13(2)22(37-25)24(32)36-4/h5-11,19,29H,1-4H3/b20-18+/t19-/m0/s1. The van der Waals surface area contributed by atoms with E-state index in [1.807, 2.05) is 0 Å². The maximum atomic E-state index is 13.3. The molecule has 11 nitrogen and oxygen atoms in total. The summed E-state index contributed by atoms with van der Waals surface area (Å²) in [6.07, 6.45) is 0. The summed E-state index contributed by atoms with van der Waals surface area (Å²) in [7, 11) is 2.69. The molecule has 0 saturated carbocycles. The van der Waals surface area contributed by atoms with Crippen LogP contribution in [0.4, 0.5) is 10.8 Å². The highest BCUT2D eigenvalue weighted by Gasteiger charge is 2.49. The van der Waals surface area contributed by atoms with Gasteiger partial charge in [0.15, 0.2) is 5.13 Å². The van der Waals surface area contributed by atoms with Crippen LogP contribution in [0.25, 0.3) is 5.76 Å². The molecule has 0 aliphatic carbocycles. The fourth-order valence-corrected chi connectivity index (χ4v) is 5.11. The van der Waals surface area contributed by atoms with E-state index in [0.29, 0.717) is 11.3 Å². The third-order valence-electron chi connectivity index (χ3n) is 5.89. The van der Waals surface area contributed by atoms with Crippen molar-refractivity contribution in [3.8, 4) is 5.75 Å². The zero-order valence-electron chi connectivity index (χ0n) is 20.2. The van der Waals surface area contributed by atoms with E-state index in [0.717, 1.165) is 16.2 Å². The minimum Gasteiger partial charge on any atom is -0.507 e. The van der Waals surface area contributed by atoms with E-state index < -0.39 is 34.4 Å². The van der Waals surface area contributed by atoms with Crippen molar-refractivity contribution in [2.45, 2.75) is 19.9 Å². The number of nitrogens with zero attached hydrogens (tertiary/aromatic N) is 3. The Bertz CT molecular complexity index is 1490. The van der Waals surface area contributed by atoms with Crippen molar-refractivity contribution >= 4 is 45.6 Å². The van der Waals surface area contributed by atoms with Gasteiger partial charge in [0.05, 0.1) is 36.5 Å². The lowest BCUT2D eigenvalue weighted by Gasteiger charge is -2.23. The number of ether oxygens (including phenoxy) is 2. The normalized spacial score (nSPS) is 16.6. The molecule has 0 radical (unpaired) electrons. The average molecular weight is 524 g/mol. The highest BCUT2D eigenvalue weighted by Crippen LogP contribution is 2.44. The maximum absolute atomic E-state index is 13.3. The fraction of sp³-hybridized carbons (Fsp3) is 0.200. The van der Waals surface area contributed by atoms with Crippen LogP contribution in [0.3, 0.4) is 0 Å². The number of rotatable bonds is 6. The van der Waals surface area contributed by atoms with Crippen molar-refractivity contribution in [3.05, 3.63) is 85.4 Å². The number of carbonyl (C=O) groups excluding carboxylic acids is 3. The van der Waals surface area contributed by atoms with Crippen LogP contribution in [0.2, 0.25) is 0 Å². The summed E-state index contributed by atoms with van der Waals surface area (Å²) in [4.78, 5) is 55.2. The molecular formula is C25H21N3O8S. The predicted molar refractivity (Wildman–Crippen MR) is 134 cm³/mol. The molecule has 2 aromatic carbocycles. The first-order chi connectivity index (χ1) is 17.6. The summed E-state index contributed by atoms with van der Waals surface area (Å²) in [6.45, 7) is 3.24. The Morgan fingerprint density at radius 2 is 1.89 bits per heavy atom. The van der Waals surface area contributed by atoms with Crippen molar-refractivity contribution in [2.75, 3.05) is 19.1 Å². The van der Waals surface area contributed by atoms with E-state index >= 15 is 0 Å². The number of methoxy groups -OCH3 is 2. The number of hydrogen-bond donors (Lipinski definition) is 1. The van der Waals surface area contributed by atoms with Crippen LogP contribution >= 0.6 is 11.3 Å². The summed E-state index contributed by atoms with van der Waals surface area (Å²) in [5, 5.41) is 22.8. The van der Waals surface area contributed by atoms with Crippen molar-refractivity contribution < 1.29 is 33.9 Å². The molecule has 0 bridgehead atoms. The second-order valence-electron chi connectivity index (χ2n) is 8.10. The number of aliphatic hydroxyl groups is 1. The van der Waals surface area contributed by atoms with E-state index in [2.05, 4.69) is 4.98 Å². The SMILES string of the molecule is COC(=O)c1sc(N2C(=O)C(=O)/C(=C(/O)c3ccc(OC)cc3C)[C@@H]2c2cccc([N+](=O)[O-])c2)nc1C. The molecule has 0 spiro atoms. The monoisotopic (exact) mass is 523 g/mol. The first kappa shape index (κ1) is 25.5. The summed E-state index contributed by atoms with van der Waals surface area (Å²) in [6, 6.07) is 8.95. The summed E-state index contributed by atoms with van der Waals surface area (Å²) in [5.74, 6) is -2.61. The van der Waals surface area contributed by atoms with Gasteiger partial charge in [-0.1, -0.05) is 23.5 Å². The Morgan fingerprint density at radius 1 is 1.16 bits per heavy atom. The van der Waals surface area contributed by atoms with Crippen LogP contribution in [-0.4, -0.2) is 46.9 Å². The van der Waals surface area contributed by atoms with E-state index in [-0.39, 0.29) is 38.1 Å². The first-order valence-electron chi connectivity index (χ1n) is 10.8. The molecule has 1 atom stereocenters. The largest absolute Gasteiger partial charge is 0.507 e. The number of esters is 1. The molecule has 1 aliphatic heterocycles. The van der Waals surface area contributed by atoms with Crippen LogP contribution < -0.4 is 9.64 Å². The molecule has 0 unspecified atom stereocenters. The van der Waals surface area contributed by atoms with Gasteiger partial charge in [-0.15, -0.1) is 0 Å². The number of anilines is 1. The third-order valence-corrected chi connectivity index (χ3v) is 7.03. The van der Waals surface area contributed by atoms with Crippen molar-refractivity contribution in [3.63, 3.8) is 0 Å². The molecule has 1 fully saturated rings. The minimum absolute atomic E-state index is 0.00186. The predicted octanol–water partition coefficient (Wildman–Crippen LogP) is 4.09. The van der Waals surface area contributed by atoms with E-state index in [9.17, 15) is 29.6 Å². The Balaban J connectivity index is 1.98. The number of non-ortho nitro benzene ring substituents is 1. The average Bonchev–Trinajstić information content (AvgIpc) is 3.39. The molecule has 1 saturated heterocycles. The number of benzene rings is 2. The molecular weight excluding hydrogens is 502 g/mol. The van der Waals surface area contributed by atoms with Gasteiger partial charge in [0.1, 0.15) is 16.4 Å². The Morgan fingerprint density at radius 3 is 2.51 bits per heavy atom. The Labute approximate surface area is 214 Å². The summed E-state index contributed by atoms with van der Waals surface area (Å²) in [5.41, 5.74) is 0.783. The molecule has 12 heteroatoms. The van der Waals surface area contributed by atoms with Crippen molar-refractivity contribution in [1.82, 2.24) is 4.98 Å². The van der Waals surface area contributed by atoms with E-state index in [4.69, 9.17) is 9.47 Å². The number of ketones is 1. The molecule has 4 rings (SSSR count). The lowest BCUT2D eigenvalue weighted by Crippen LogP contribution is -2.29. The highest BCUT2D eigenvalue weighted by atomic mass is 32.1. The van der Waals surface area contributed by atoms with Gasteiger partial charge in [0.2, 0.25) is 0 Å². The van der Waals surface area contributed by atoms with Crippen molar-refractivity contribution in [2.24, 2.45) is 0 Å². The van der Waals surface area contributed by atoms with Gasteiger partial charge >= 0.3 is 11.9 Å². The first-order valence-corrected chi connectivity index (χ1v) is 11.7. The lowest BCUT2D eigenvalue weighted by molar-refractivity contribution is -0.384. The van der Waals surface area contributed by atoms with E-state index in [1.165, 1.54) is 38.5 Å². The summed E-state index contributed by atoms with van der Waals surface area (Å²) < 4.78 is 9.97. The Hall–Kier alpha value is -4.58. The number of nitro groups is 1. The smallest absolute Gasteiger partial charge is 0.350 e. The van der Waals surface area contributed by atoms with Gasteiger partial charge in [-0.2, -0.15) is 0 Å². The van der Waals surface area contributed by atoms with Gasteiger partial charge in [-0.05, 0) is 43.2 Å². The second kappa shape index (κ2) is 9.82. The highest BCUT2D eigenvalue weighted by molar-refractivity contribution is 7.17. The van der Waals surface area contributed by atoms with Gasteiger partial charge in [-0.25, -0.2) is 9.78 Å². The van der Waals surface area contributed by atoms with Crippen LogP contribution in [0, 0.1) is 24.0 Å². The molecule has 37 heavy (non-hydrogen) atoms. The second-order valence-corrected chi connectivity index (χ2v) is 9.08.